The van der Waals surface area contributed by atoms with E-state index in [4.69, 9.17) is 10.1 Å². The minimum Gasteiger partial charge on any atom is -0.369 e. The molecule has 0 saturated carbocycles. The van der Waals surface area contributed by atoms with Crippen LogP contribution in [0.1, 0.15) is 70.4 Å². The number of fused-ring (bicyclic) bond motifs is 2. The molecule has 0 spiro atoms. The second-order valence-corrected chi connectivity index (χ2v) is 16.6. The summed E-state index contributed by atoms with van der Waals surface area (Å²) >= 11 is 0. The van der Waals surface area contributed by atoms with E-state index in [1.807, 2.05) is 24.0 Å². The van der Waals surface area contributed by atoms with E-state index in [9.17, 15) is 19.2 Å². The molecule has 5 aliphatic heterocycles. The van der Waals surface area contributed by atoms with Crippen molar-refractivity contribution >= 4 is 57.8 Å². The van der Waals surface area contributed by atoms with Crippen molar-refractivity contribution in [2.24, 2.45) is 13.0 Å². The van der Waals surface area contributed by atoms with Gasteiger partial charge in [-0.15, -0.1) is 0 Å². The van der Waals surface area contributed by atoms with Crippen LogP contribution in [0.25, 0.3) is 11.0 Å². The Labute approximate surface area is 337 Å². The van der Waals surface area contributed by atoms with E-state index in [0.717, 1.165) is 109 Å². The van der Waals surface area contributed by atoms with Crippen LogP contribution in [0.15, 0.2) is 42.6 Å². The second kappa shape index (κ2) is 15.7. The number of benzene rings is 2. The quantitative estimate of drug-likeness (QED) is 0.183. The zero-order chi connectivity index (χ0) is 40.1. The molecule has 16 heteroatoms. The van der Waals surface area contributed by atoms with E-state index >= 15 is 0 Å². The lowest BCUT2D eigenvalue weighted by molar-refractivity contribution is -0.136. The molecule has 4 fully saturated rings. The Balaban J connectivity index is 0.713. The van der Waals surface area contributed by atoms with Crippen molar-refractivity contribution in [1.29, 1.82) is 0 Å². The van der Waals surface area contributed by atoms with Crippen molar-refractivity contribution in [2.45, 2.75) is 70.6 Å². The van der Waals surface area contributed by atoms with Gasteiger partial charge in [0, 0.05) is 76.4 Å². The van der Waals surface area contributed by atoms with Crippen molar-refractivity contribution in [1.82, 2.24) is 45.1 Å². The summed E-state index contributed by atoms with van der Waals surface area (Å²) in [6, 6.07) is 10.9. The number of nitrogens with zero attached hydrogens (tertiary/aromatic N) is 8. The summed E-state index contributed by atoms with van der Waals surface area (Å²) in [5, 5.41) is 18.7. The van der Waals surface area contributed by atoms with Gasteiger partial charge in [-0.2, -0.15) is 10.1 Å². The number of hydrogen-bond donors (Lipinski definition) is 4. The molecule has 0 radical (unpaired) electrons. The maximum absolute atomic E-state index is 13.3. The van der Waals surface area contributed by atoms with E-state index < -0.39 is 23.8 Å². The maximum Gasteiger partial charge on any atom is 0.262 e. The molecule has 9 rings (SSSR count). The van der Waals surface area contributed by atoms with Gasteiger partial charge in [-0.3, -0.25) is 44.5 Å². The fraction of sp³-hybridized carbons (Fsp3) is 0.500. The predicted molar refractivity (Wildman–Crippen MR) is 220 cm³/mol. The van der Waals surface area contributed by atoms with Crippen molar-refractivity contribution in [3.63, 3.8) is 0 Å². The van der Waals surface area contributed by atoms with Gasteiger partial charge in [-0.1, -0.05) is 18.2 Å². The highest BCUT2D eigenvalue weighted by Crippen LogP contribution is 2.32. The van der Waals surface area contributed by atoms with Crippen molar-refractivity contribution in [3.05, 3.63) is 64.8 Å². The van der Waals surface area contributed by atoms with Crippen molar-refractivity contribution < 1.29 is 19.2 Å². The topological polar surface area (TPSA) is 173 Å². The molecule has 7 heterocycles. The minimum absolute atomic E-state index is 0.105. The summed E-state index contributed by atoms with van der Waals surface area (Å²) in [5.74, 6) is 0.130. The largest absolute Gasteiger partial charge is 0.369 e. The number of aryl methyl sites for hydroxylation is 3. The maximum atomic E-state index is 13.3. The molecule has 3 unspecified atom stereocenters. The van der Waals surface area contributed by atoms with E-state index in [2.05, 4.69) is 73.0 Å². The summed E-state index contributed by atoms with van der Waals surface area (Å²) < 4.78 is 1.81. The SMILES string of the molecule is Cc1cccc(C)c1Nc1nn(C)c2nc(NC3CCC(N4CCC(CN5CCN(c6ccc7c(c6)C(=O)N(C6CCC(=O)NC6=O)C7=O)CC5)CC4)NC3)ncc12. The highest BCUT2D eigenvalue weighted by Gasteiger charge is 2.45. The number of para-hydroxylation sites is 1. The van der Waals surface area contributed by atoms with Gasteiger partial charge in [0.25, 0.3) is 11.8 Å². The van der Waals surface area contributed by atoms with E-state index in [1.54, 1.807) is 12.1 Å². The van der Waals surface area contributed by atoms with Crippen LogP contribution >= 0.6 is 0 Å². The first-order chi connectivity index (χ1) is 28.1. The lowest BCUT2D eigenvalue weighted by Crippen LogP contribution is -2.55. The van der Waals surface area contributed by atoms with Crippen LogP contribution in [-0.2, 0) is 16.6 Å². The summed E-state index contributed by atoms with van der Waals surface area (Å²) in [5.41, 5.74) is 5.73. The number of piperazine rings is 1. The summed E-state index contributed by atoms with van der Waals surface area (Å²) in [4.78, 5) is 68.6. The number of nitrogens with one attached hydrogen (secondary N) is 4. The highest BCUT2D eigenvalue weighted by molar-refractivity contribution is 6.23. The van der Waals surface area contributed by atoms with Crippen LogP contribution in [0.4, 0.5) is 23.1 Å². The molecule has 5 aliphatic rings. The van der Waals surface area contributed by atoms with Crippen molar-refractivity contribution in [2.75, 3.05) is 67.9 Å². The van der Waals surface area contributed by atoms with Crippen LogP contribution in [0.3, 0.4) is 0 Å². The van der Waals surface area contributed by atoms with Gasteiger partial charge in [0.1, 0.15) is 6.04 Å². The molecule has 16 nitrogen and oxygen atoms in total. The molecule has 4 aromatic rings. The van der Waals surface area contributed by atoms with Crippen LogP contribution in [-0.4, -0.2) is 129 Å². The standard InChI is InChI=1S/C42H52N12O4/c1-25-5-4-6-26(2)36(25)47-37-32-23-44-42(48-38(32)50(3)49-37)45-28-7-11-34(43-22-28)53-15-13-27(14-16-53)24-51-17-19-52(20-18-51)29-8-9-30-31(21-29)41(58)54(40(30)57)33-10-12-35(55)46-39(33)56/h4-6,8-9,21,23,27-28,33-34,43H,7,10-20,22,24H2,1-3H3,(H,47,49)(H,44,45,48)(H,46,55,56). The fourth-order valence-corrected chi connectivity index (χ4v) is 9.45. The van der Waals surface area contributed by atoms with Crippen LogP contribution < -0.4 is 26.2 Å². The third kappa shape index (κ3) is 7.39. The number of amides is 4. The Hall–Kier alpha value is -5.45. The highest BCUT2D eigenvalue weighted by atomic mass is 16.2. The van der Waals surface area contributed by atoms with Gasteiger partial charge in [0.05, 0.1) is 22.7 Å². The predicted octanol–water partition coefficient (Wildman–Crippen LogP) is 3.15. The average molecular weight is 789 g/mol. The number of hydrogen-bond acceptors (Lipinski definition) is 13. The number of aromatic nitrogens is 4. The fourth-order valence-electron chi connectivity index (χ4n) is 9.45. The van der Waals surface area contributed by atoms with Gasteiger partial charge in [-0.25, -0.2) is 9.67 Å². The van der Waals surface area contributed by atoms with E-state index in [1.165, 1.54) is 12.8 Å². The number of imide groups is 2. The lowest BCUT2D eigenvalue weighted by Gasteiger charge is -2.43. The van der Waals surface area contributed by atoms with Crippen LogP contribution in [0, 0.1) is 19.8 Å². The van der Waals surface area contributed by atoms with Crippen LogP contribution in [0.2, 0.25) is 0 Å². The van der Waals surface area contributed by atoms with E-state index in [-0.39, 0.29) is 24.8 Å². The van der Waals surface area contributed by atoms with Gasteiger partial charge >= 0.3 is 0 Å². The van der Waals surface area contributed by atoms with Crippen LogP contribution in [0.5, 0.6) is 0 Å². The van der Waals surface area contributed by atoms with Gasteiger partial charge in [0.2, 0.25) is 17.8 Å². The molecule has 0 bridgehead atoms. The second-order valence-electron chi connectivity index (χ2n) is 16.6. The molecule has 3 atom stereocenters. The number of carbonyl (C=O) groups is 4. The smallest absolute Gasteiger partial charge is 0.262 e. The van der Waals surface area contributed by atoms with Crippen molar-refractivity contribution in [3.8, 4) is 0 Å². The molecule has 4 saturated heterocycles. The zero-order valence-corrected chi connectivity index (χ0v) is 33.5. The summed E-state index contributed by atoms with van der Waals surface area (Å²) in [6.07, 6.45) is 6.98. The van der Waals surface area contributed by atoms with Gasteiger partial charge < -0.3 is 15.5 Å². The Kier molecular flexibility index (Phi) is 10.3. The minimum atomic E-state index is -0.957. The number of piperidine rings is 3. The Bertz CT molecular complexity index is 2230. The molecule has 58 heavy (non-hydrogen) atoms. The normalized spacial score (nSPS) is 23.7. The summed E-state index contributed by atoms with van der Waals surface area (Å²) in [7, 11) is 1.92. The molecule has 304 valence electrons. The monoisotopic (exact) mass is 788 g/mol. The van der Waals surface area contributed by atoms with E-state index in [0.29, 0.717) is 29.2 Å². The Morgan fingerprint density at radius 3 is 2.34 bits per heavy atom. The molecular weight excluding hydrogens is 737 g/mol. The third-order valence-corrected chi connectivity index (χ3v) is 12.8. The zero-order valence-electron chi connectivity index (χ0n) is 33.5. The first-order valence-corrected chi connectivity index (χ1v) is 20.7. The molecule has 0 aliphatic carbocycles. The molecular formula is C42H52N12O4. The average Bonchev–Trinajstić information content (AvgIpc) is 3.67. The molecule has 2 aromatic carbocycles. The number of rotatable bonds is 9. The Morgan fingerprint density at radius 1 is 0.862 bits per heavy atom. The lowest BCUT2D eigenvalue weighted by atomic mass is 9.94. The molecule has 2 aromatic heterocycles. The first kappa shape index (κ1) is 38.1. The summed E-state index contributed by atoms with van der Waals surface area (Å²) in [6.45, 7) is 11.9. The third-order valence-electron chi connectivity index (χ3n) is 12.8. The molecule has 4 N–H and O–H groups in total. The van der Waals surface area contributed by atoms with Gasteiger partial charge in [-0.05, 0) is 94.3 Å². The number of likely N-dealkylation sites (tertiary alicyclic amines) is 1. The number of anilines is 4. The number of carbonyl (C=O) groups excluding carboxylic acids is 4. The first-order valence-electron chi connectivity index (χ1n) is 20.7. The van der Waals surface area contributed by atoms with Gasteiger partial charge in [0.15, 0.2) is 11.5 Å². The molecule has 4 amide bonds. The Morgan fingerprint density at radius 2 is 1.62 bits per heavy atom.